The molecule has 0 fully saturated rings. The first-order chi connectivity index (χ1) is 9.07. The van der Waals surface area contributed by atoms with Crippen molar-refractivity contribution in [2.45, 2.75) is 38.3 Å². The number of anilines is 1. The second-order valence-electron chi connectivity index (χ2n) is 4.83. The van der Waals surface area contributed by atoms with Gasteiger partial charge in [0.05, 0.1) is 5.56 Å². The van der Waals surface area contributed by atoms with Crippen LogP contribution in [0.2, 0.25) is 0 Å². The maximum atomic E-state index is 12.8. The Morgan fingerprint density at radius 1 is 1.11 bits per heavy atom. The van der Waals surface area contributed by atoms with Crippen LogP contribution in [0.1, 0.15) is 37.7 Å². The van der Waals surface area contributed by atoms with Gasteiger partial charge < -0.3 is 5.32 Å². The second-order valence-corrected chi connectivity index (χ2v) is 4.83. The highest BCUT2D eigenvalue weighted by Crippen LogP contribution is 2.34. The molecular weight excluding hydrogens is 251 g/mol. The van der Waals surface area contributed by atoms with Gasteiger partial charge in [0.2, 0.25) is 0 Å². The van der Waals surface area contributed by atoms with Crippen molar-refractivity contribution in [2.24, 2.45) is 0 Å². The fourth-order valence-corrected chi connectivity index (χ4v) is 2.37. The van der Waals surface area contributed by atoms with Crippen LogP contribution < -0.4 is 5.32 Å². The van der Waals surface area contributed by atoms with Gasteiger partial charge in [0.1, 0.15) is 0 Å². The van der Waals surface area contributed by atoms with Crippen LogP contribution in [0.15, 0.2) is 35.9 Å². The minimum Gasteiger partial charge on any atom is -0.384 e. The summed E-state index contributed by atoms with van der Waals surface area (Å²) in [6, 6.07) is 5.63. The lowest BCUT2D eigenvalue weighted by atomic mass is 9.97. The first-order valence-corrected chi connectivity index (χ1v) is 6.65. The number of hydrogen-bond acceptors (Lipinski definition) is 1. The Balaban J connectivity index is 1.94. The molecule has 0 aromatic heterocycles. The lowest BCUT2D eigenvalue weighted by Gasteiger charge is -2.16. The fourth-order valence-electron chi connectivity index (χ4n) is 2.37. The molecule has 0 heterocycles. The molecule has 1 N–H and O–H groups in total. The molecule has 0 saturated carbocycles. The van der Waals surface area contributed by atoms with Crippen molar-refractivity contribution in [3.63, 3.8) is 0 Å². The molecule has 2 rings (SSSR count). The molecule has 104 valence electrons. The fraction of sp³-hybridized carbons (Fsp3) is 0.467. The molecule has 0 radical (unpaired) electrons. The normalized spacial score (nSPS) is 16.1. The van der Waals surface area contributed by atoms with E-state index >= 15 is 0 Å². The lowest BCUT2D eigenvalue weighted by molar-refractivity contribution is -0.136. The van der Waals surface area contributed by atoms with Crippen LogP contribution in [0.5, 0.6) is 0 Å². The van der Waals surface area contributed by atoms with Crippen molar-refractivity contribution >= 4 is 5.69 Å². The number of benzene rings is 1. The predicted octanol–water partition coefficient (Wildman–Crippen LogP) is 5.01. The number of allylic oxidation sites excluding steroid dienone is 1. The average Bonchev–Trinajstić information content (AvgIpc) is 2.39. The molecule has 0 spiro atoms. The third-order valence-electron chi connectivity index (χ3n) is 3.38. The monoisotopic (exact) mass is 269 g/mol. The molecule has 0 unspecified atom stereocenters. The van der Waals surface area contributed by atoms with Gasteiger partial charge in [-0.3, -0.25) is 0 Å². The Morgan fingerprint density at radius 2 is 1.89 bits per heavy atom. The number of rotatable bonds is 4. The number of halogens is 3. The molecule has 0 saturated heterocycles. The third-order valence-corrected chi connectivity index (χ3v) is 3.38. The van der Waals surface area contributed by atoms with Gasteiger partial charge in [-0.2, -0.15) is 13.2 Å². The molecule has 1 aromatic carbocycles. The molecular formula is C15H18F3N. The van der Waals surface area contributed by atoms with Crippen LogP contribution in [0.25, 0.3) is 0 Å². The van der Waals surface area contributed by atoms with Crippen molar-refractivity contribution in [3.05, 3.63) is 41.5 Å². The summed E-state index contributed by atoms with van der Waals surface area (Å²) in [6.45, 7) is 0.554. The van der Waals surface area contributed by atoms with E-state index < -0.39 is 11.7 Å². The van der Waals surface area contributed by atoms with Crippen molar-refractivity contribution in [1.82, 2.24) is 0 Å². The van der Waals surface area contributed by atoms with Crippen molar-refractivity contribution in [1.29, 1.82) is 0 Å². The summed E-state index contributed by atoms with van der Waals surface area (Å²) in [4.78, 5) is 0. The van der Waals surface area contributed by atoms with E-state index in [9.17, 15) is 13.2 Å². The van der Waals surface area contributed by atoms with Gasteiger partial charge in [-0.05, 0) is 44.2 Å². The number of nitrogens with one attached hydrogen (secondary N) is 1. The maximum Gasteiger partial charge on any atom is 0.418 e. The molecule has 1 aliphatic rings. The highest BCUT2D eigenvalue weighted by atomic mass is 19.4. The van der Waals surface area contributed by atoms with Crippen LogP contribution in [-0.4, -0.2) is 6.54 Å². The summed E-state index contributed by atoms with van der Waals surface area (Å²) in [5, 5.41) is 2.91. The van der Waals surface area contributed by atoms with Crippen molar-refractivity contribution < 1.29 is 13.2 Å². The largest absolute Gasteiger partial charge is 0.418 e. The van der Waals surface area contributed by atoms with Crippen molar-refractivity contribution in [2.75, 3.05) is 11.9 Å². The average molecular weight is 269 g/mol. The Labute approximate surface area is 111 Å². The van der Waals surface area contributed by atoms with Crippen LogP contribution in [0, 0.1) is 0 Å². The number of alkyl halides is 3. The zero-order chi connectivity index (χ0) is 13.7. The summed E-state index contributed by atoms with van der Waals surface area (Å²) >= 11 is 0. The molecule has 4 heteroatoms. The van der Waals surface area contributed by atoms with Gasteiger partial charge in [-0.15, -0.1) is 0 Å². The molecule has 0 aliphatic heterocycles. The highest BCUT2D eigenvalue weighted by Gasteiger charge is 2.32. The second kappa shape index (κ2) is 6.13. The Morgan fingerprint density at radius 3 is 2.58 bits per heavy atom. The standard InChI is InChI=1S/C15H18F3N/c16-15(17,18)13-8-4-5-9-14(13)19-11-10-12-6-2-1-3-7-12/h4-6,8-9,19H,1-3,7,10-11H2. The van der Waals surface area contributed by atoms with E-state index in [2.05, 4.69) is 11.4 Å². The first kappa shape index (κ1) is 14.0. The SMILES string of the molecule is FC(F)(F)c1ccccc1NCCC1=CCCCC1. The van der Waals surface area contributed by atoms with Gasteiger partial charge in [-0.25, -0.2) is 0 Å². The minimum atomic E-state index is -4.30. The first-order valence-electron chi connectivity index (χ1n) is 6.65. The molecule has 19 heavy (non-hydrogen) atoms. The van der Waals surface area contributed by atoms with E-state index in [1.807, 2.05) is 0 Å². The molecule has 1 aliphatic carbocycles. The summed E-state index contributed by atoms with van der Waals surface area (Å²) in [6.07, 6.45) is 3.37. The minimum absolute atomic E-state index is 0.173. The number of hydrogen-bond donors (Lipinski definition) is 1. The van der Waals surface area contributed by atoms with E-state index in [0.29, 0.717) is 6.54 Å². The summed E-state index contributed by atoms with van der Waals surface area (Å²) in [5.41, 5.74) is 0.947. The summed E-state index contributed by atoms with van der Waals surface area (Å²) in [5.74, 6) is 0. The Bertz CT molecular complexity index is 449. The van der Waals surface area contributed by atoms with Gasteiger partial charge in [-0.1, -0.05) is 23.8 Å². The van der Waals surface area contributed by atoms with Gasteiger partial charge in [0, 0.05) is 12.2 Å². The van der Waals surface area contributed by atoms with Crippen LogP contribution in [0.3, 0.4) is 0 Å². The van der Waals surface area contributed by atoms with E-state index in [1.54, 1.807) is 6.07 Å². The molecule has 0 atom stereocenters. The van der Waals surface area contributed by atoms with E-state index in [4.69, 9.17) is 0 Å². The van der Waals surface area contributed by atoms with E-state index in [0.717, 1.165) is 25.3 Å². The van der Waals surface area contributed by atoms with Gasteiger partial charge >= 0.3 is 6.18 Å². The Hall–Kier alpha value is -1.45. The third kappa shape index (κ3) is 4.01. The zero-order valence-corrected chi connectivity index (χ0v) is 10.8. The van der Waals surface area contributed by atoms with Crippen LogP contribution in [-0.2, 0) is 6.18 Å². The highest BCUT2D eigenvalue weighted by molar-refractivity contribution is 5.52. The zero-order valence-electron chi connectivity index (χ0n) is 10.8. The Kier molecular flexibility index (Phi) is 4.51. The lowest BCUT2D eigenvalue weighted by Crippen LogP contribution is -2.12. The predicted molar refractivity (Wildman–Crippen MR) is 71.1 cm³/mol. The molecule has 0 bridgehead atoms. The summed E-state index contributed by atoms with van der Waals surface area (Å²) in [7, 11) is 0. The molecule has 1 aromatic rings. The molecule has 0 amide bonds. The van der Waals surface area contributed by atoms with Crippen LogP contribution >= 0.6 is 0 Å². The maximum absolute atomic E-state index is 12.8. The van der Waals surface area contributed by atoms with Gasteiger partial charge in [0.15, 0.2) is 0 Å². The summed E-state index contributed by atoms with van der Waals surface area (Å²) < 4.78 is 38.3. The smallest absolute Gasteiger partial charge is 0.384 e. The topological polar surface area (TPSA) is 12.0 Å². The van der Waals surface area contributed by atoms with Gasteiger partial charge in [0.25, 0.3) is 0 Å². The number of para-hydroxylation sites is 1. The quantitative estimate of drug-likeness (QED) is 0.758. The van der Waals surface area contributed by atoms with E-state index in [-0.39, 0.29) is 5.69 Å². The van der Waals surface area contributed by atoms with Crippen LogP contribution in [0.4, 0.5) is 18.9 Å². The molecule has 1 nitrogen and oxygen atoms in total. The van der Waals surface area contributed by atoms with Crippen molar-refractivity contribution in [3.8, 4) is 0 Å². The van der Waals surface area contributed by atoms with E-state index in [1.165, 1.54) is 30.5 Å².